The van der Waals surface area contributed by atoms with Crippen LogP contribution in [0.4, 0.5) is 5.82 Å². The van der Waals surface area contributed by atoms with Gasteiger partial charge in [-0.2, -0.15) is 0 Å². The molecule has 0 saturated carbocycles. The lowest BCUT2D eigenvalue weighted by Crippen LogP contribution is -2.07. The molecule has 1 heterocycles. The Morgan fingerprint density at radius 2 is 1.78 bits per heavy atom. The minimum absolute atomic E-state index is 0.524. The summed E-state index contributed by atoms with van der Waals surface area (Å²) in [5, 5.41) is 0. The van der Waals surface area contributed by atoms with Crippen LogP contribution in [0, 0.1) is 12.8 Å². The van der Waals surface area contributed by atoms with Crippen molar-refractivity contribution in [2.24, 2.45) is 5.92 Å². The maximum atomic E-state index is 5.98. The first-order valence-corrected chi connectivity index (χ1v) is 6.26. The average Bonchev–Trinajstić information content (AvgIpc) is 2.34. The third kappa shape index (κ3) is 2.67. The zero-order valence-corrected chi connectivity index (χ0v) is 11.1. The minimum Gasteiger partial charge on any atom is -0.383 e. The summed E-state index contributed by atoms with van der Waals surface area (Å²) in [6.45, 7) is 6.28. The van der Waals surface area contributed by atoms with E-state index >= 15 is 0 Å². The molecular weight excluding hydrogens is 222 g/mol. The SMILES string of the molecule is Cc1c(N)nc(CC(C)C)nc1-c1ccccc1. The van der Waals surface area contributed by atoms with Gasteiger partial charge in [-0.25, -0.2) is 9.97 Å². The van der Waals surface area contributed by atoms with Crippen LogP contribution in [0.1, 0.15) is 25.2 Å². The van der Waals surface area contributed by atoms with E-state index in [1.807, 2.05) is 37.3 Å². The molecule has 2 rings (SSSR count). The summed E-state index contributed by atoms with van der Waals surface area (Å²) in [6.07, 6.45) is 0.852. The van der Waals surface area contributed by atoms with E-state index in [1.165, 1.54) is 0 Å². The quantitative estimate of drug-likeness (QED) is 0.897. The van der Waals surface area contributed by atoms with Gasteiger partial charge in [0.25, 0.3) is 0 Å². The smallest absolute Gasteiger partial charge is 0.131 e. The van der Waals surface area contributed by atoms with Gasteiger partial charge in [0.05, 0.1) is 5.69 Å². The molecule has 2 aromatic rings. The summed E-state index contributed by atoms with van der Waals surface area (Å²) < 4.78 is 0. The van der Waals surface area contributed by atoms with Crippen molar-refractivity contribution in [3.63, 3.8) is 0 Å². The van der Waals surface area contributed by atoms with Crippen LogP contribution in [-0.4, -0.2) is 9.97 Å². The van der Waals surface area contributed by atoms with E-state index in [2.05, 4.69) is 23.8 Å². The van der Waals surface area contributed by atoms with E-state index < -0.39 is 0 Å². The molecule has 94 valence electrons. The maximum Gasteiger partial charge on any atom is 0.131 e. The predicted octanol–water partition coefficient (Wildman–Crippen LogP) is 3.23. The fourth-order valence-corrected chi connectivity index (χ4v) is 1.92. The van der Waals surface area contributed by atoms with Gasteiger partial charge in [-0.3, -0.25) is 0 Å². The number of hydrogen-bond donors (Lipinski definition) is 1. The van der Waals surface area contributed by atoms with Crippen molar-refractivity contribution in [1.82, 2.24) is 9.97 Å². The number of hydrogen-bond acceptors (Lipinski definition) is 3. The van der Waals surface area contributed by atoms with Crippen LogP contribution in [0.3, 0.4) is 0 Å². The molecule has 1 aromatic carbocycles. The molecule has 3 nitrogen and oxygen atoms in total. The van der Waals surface area contributed by atoms with Gasteiger partial charge < -0.3 is 5.73 Å². The zero-order valence-electron chi connectivity index (χ0n) is 11.1. The van der Waals surface area contributed by atoms with Crippen LogP contribution in [-0.2, 0) is 6.42 Å². The second-order valence-corrected chi connectivity index (χ2v) is 4.96. The highest BCUT2D eigenvalue weighted by Crippen LogP contribution is 2.24. The number of benzene rings is 1. The van der Waals surface area contributed by atoms with Crippen LogP contribution < -0.4 is 5.73 Å². The lowest BCUT2D eigenvalue weighted by atomic mass is 10.1. The van der Waals surface area contributed by atoms with Crippen molar-refractivity contribution in [2.45, 2.75) is 27.2 Å². The first-order valence-electron chi connectivity index (χ1n) is 6.26. The lowest BCUT2D eigenvalue weighted by molar-refractivity contribution is 0.621. The Labute approximate surface area is 108 Å². The number of nitrogen functional groups attached to an aromatic ring is 1. The van der Waals surface area contributed by atoms with Gasteiger partial charge in [0.15, 0.2) is 0 Å². The summed E-state index contributed by atoms with van der Waals surface area (Å²) in [6, 6.07) is 10.1. The summed E-state index contributed by atoms with van der Waals surface area (Å²) in [5.41, 5.74) is 8.97. The molecule has 0 saturated heterocycles. The van der Waals surface area contributed by atoms with Gasteiger partial charge >= 0.3 is 0 Å². The number of aromatic nitrogens is 2. The van der Waals surface area contributed by atoms with Crippen LogP contribution in [0.15, 0.2) is 30.3 Å². The standard InChI is InChI=1S/C15H19N3/c1-10(2)9-13-17-14(11(3)15(16)18-13)12-7-5-4-6-8-12/h4-8,10H,9H2,1-3H3,(H2,16,17,18). The maximum absolute atomic E-state index is 5.98. The number of nitrogens with zero attached hydrogens (tertiary/aromatic N) is 2. The molecule has 1 aromatic heterocycles. The predicted molar refractivity (Wildman–Crippen MR) is 75.2 cm³/mol. The lowest BCUT2D eigenvalue weighted by Gasteiger charge is -2.11. The van der Waals surface area contributed by atoms with Crippen molar-refractivity contribution in [2.75, 3.05) is 5.73 Å². The Hall–Kier alpha value is -1.90. The summed E-state index contributed by atoms with van der Waals surface area (Å²) in [7, 11) is 0. The molecule has 0 bridgehead atoms. The van der Waals surface area contributed by atoms with Crippen LogP contribution in [0.2, 0.25) is 0 Å². The molecule has 0 aliphatic heterocycles. The average molecular weight is 241 g/mol. The normalized spacial score (nSPS) is 10.9. The number of anilines is 1. The fourth-order valence-electron chi connectivity index (χ4n) is 1.92. The second-order valence-electron chi connectivity index (χ2n) is 4.96. The van der Waals surface area contributed by atoms with E-state index in [-0.39, 0.29) is 0 Å². The van der Waals surface area contributed by atoms with Crippen molar-refractivity contribution in [3.05, 3.63) is 41.7 Å². The van der Waals surface area contributed by atoms with Crippen molar-refractivity contribution >= 4 is 5.82 Å². The van der Waals surface area contributed by atoms with Crippen molar-refractivity contribution < 1.29 is 0 Å². The monoisotopic (exact) mass is 241 g/mol. The van der Waals surface area contributed by atoms with Gasteiger partial charge in [-0.1, -0.05) is 44.2 Å². The molecule has 0 amide bonds. The van der Waals surface area contributed by atoms with Gasteiger partial charge in [0, 0.05) is 17.5 Å². The largest absolute Gasteiger partial charge is 0.383 e. The first kappa shape index (κ1) is 12.6. The molecule has 0 aliphatic carbocycles. The number of nitrogens with two attached hydrogens (primary N) is 1. The highest BCUT2D eigenvalue weighted by atomic mass is 15.0. The van der Waals surface area contributed by atoms with E-state index in [9.17, 15) is 0 Å². The Kier molecular flexibility index (Phi) is 3.60. The highest BCUT2D eigenvalue weighted by Gasteiger charge is 2.11. The molecule has 0 unspecified atom stereocenters. The Bertz CT molecular complexity index is 533. The van der Waals surface area contributed by atoms with E-state index in [4.69, 9.17) is 5.73 Å². The van der Waals surface area contributed by atoms with E-state index in [0.717, 1.165) is 29.1 Å². The van der Waals surface area contributed by atoms with Gasteiger partial charge in [-0.05, 0) is 12.8 Å². The fraction of sp³-hybridized carbons (Fsp3) is 0.333. The Balaban J connectivity index is 2.49. The Morgan fingerprint density at radius 1 is 1.11 bits per heavy atom. The summed E-state index contributed by atoms with van der Waals surface area (Å²) in [4.78, 5) is 9.02. The van der Waals surface area contributed by atoms with Crippen molar-refractivity contribution in [3.8, 4) is 11.3 Å². The van der Waals surface area contributed by atoms with Gasteiger partial charge in [0.1, 0.15) is 11.6 Å². The summed E-state index contributed by atoms with van der Waals surface area (Å²) in [5.74, 6) is 1.93. The molecule has 0 aliphatic rings. The highest BCUT2D eigenvalue weighted by molar-refractivity contribution is 5.67. The number of rotatable bonds is 3. The molecule has 0 spiro atoms. The second kappa shape index (κ2) is 5.17. The van der Waals surface area contributed by atoms with E-state index in [1.54, 1.807) is 0 Å². The first-order chi connectivity index (χ1) is 8.58. The topological polar surface area (TPSA) is 51.8 Å². The van der Waals surface area contributed by atoms with Gasteiger partial charge in [-0.15, -0.1) is 0 Å². The molecular formula is C15H19N3. The van der Waals surface area contributed by atoms with Crippen LogP contribution in [0.25, 0.3) is 11.3 Å². The van der Waals surface area contributed by atoms with Crippen molar-refractivity contribution in [1.29, 1.82) is 0 Å². The zero-order chi connectivity index (χ0) is 13.1. The molecule has 0 atom stereocenters. The third-order valence-electron chi connectivity index (χ3n) is 2.87. The minimum atomic E-state index is 0.524. The Morgan fingerprint density at radius 3 is 2.39 bits per heavy atom. The van der Waals surface area contributed by atoms with E-state index in [0.29, 0.717) is 11.7 Å². The molecule has 0 fully saturated rings. The van der Waals surface area contributed by atoms with Crippen LogP contribution >= 0.6 is 0 Å². The molecule has 2 N–H and O–H groups in total. The molecule has 3 heteroatoms. The summed E-state index contributed by atoms with van der Waals surface area (Å²) >= 11 is 0. The molecule has 0 radical (unpaired) electrons. The van der Waals surface area contributed by atoms with Gasteiger partial charge in [0.2, 0.25) is 0 Å². The van der Waals surface area contributed by atoms with Crippen LogP contribution in [0.5, 0.6) is 0 Å². The third-order valence-corrected chi connectivity index (χ3v) is 2.87. The molecule has 18 heavy (non-hydrogen) atoms.